The second-order valence-electron chi connectivity index (χ2n) is 4.78. The maximum Gasteiger partial charge on any atom is 0.251 e. The number of aromatic nitrogens is 2. The van der Waals surface area contributed by atoms with Crippen LogP contribution < -0.4 is 5.32 Å². The van der Waals surface area contributed by atoms with Gasteiger partial charge >= 0.3 is 0 Å². The first-order chi connectivity index (χ1) is 9.74. The predicted octanol–water partition coefficient (Wildman–Crippen LogP) is 2.80. The minimum atomic E-state index is -0.0728. The third-order valence-corrected chi connectivity index (χ3v) is 3.40. The van der Waals surface area contributed by atoms with E-state index < -0.39 is 0 Å². The molecule has 0 aliphatic heterocycles. The molecule has 0 spiro atoms. The number of amides is 1. The third-order valence-electron chi connectivity index (χ3n) is 3.40. The fourth-order valence-electron chi connectivity index (χ4n) is 2.17. The monoisotopic (exact) mass is 265 g/mol. The topological polar surface area (TPSA) is 57.8 Å². The van der Waals surface area contributed by atoms with Crippen LogP contribution in [0.2, 0.25) is 0 Å². The first-order valence-corrected chi connectivity index (χ1v) is 6.50. The zero-order valence-corrected chi connectivity index (χ0v) is 11.2. The Hall–Kier alpha value is -2.62. The van der Waals surface area contributed by atoms with Crippen LogP contribution in [0.15, 0.2) is 48.7 Å². The molecule has 2 N–H and O–H groups in total. The number of rotatable bonds is 3. The van der Waals surface area contributed by atoms with Gasteiger partial charge in [-0.2, -0.15) is 5.10 Å². The Labute approximate surface area is 116 Å². The van der Waals surface area contributed by atoms with Gasteiger partial charge in [0.05, 0.1) is 11.7 Å². The molecule has 100 valence electrons. The maximum atomic E-state index is 12.2. The molecule has 20 heavy (non-hydrogen) atoms. The predicted molar refractivity (Wildman–Crippen MR) is 78.4 cm³/mol. The lowest BCUT2D eigenvalue weighted by Crippen LogP contribution is -2.23. The average Bonchev–Trinajstić information content (AvgIpc) is 2.93. The van der Waals surface area contributed by atoms with Crippen molar-refractivity contribution in [2.24, 2.45) is 0 Å². The SMILES string of the molecule is Cc1ccccc1CNC(=O)c1ccc2[nH]ncc2c1. The highest BCUT2D eigenvalue weighted by Gasteiger charge is 2.07. The van der Waals surface area contributed by atoms with Crippen LogP contribution in [0.5, 0.6) is 0 Å². The molecule has 0 aliphatic rings. The van der Waals surface area contributed by atoms with Crippen molar-refractivity contribution in [1.82, 2.24) is 15.5 Å². The summed E-state index contributed by atoms with van der Waals surface area (Å²) < 4.78 is 0. The van der Waals surface area contributed by atoms with Crippen molar-refractivity contribution in [2.45, 2.75) is 13.5 Å². The van der Waals surface area contributed by atoms with Gasteiger partial charge < -0.3 is 5.32 Å². The second-order valence-corrected chi connectivity index (χ2v) is 4.78. The van der Waals surface area contributed by atoms with Crippen molar-refractivity contribution >= 4 is 16.8 Å². The van der Waals surface area contributed by atoms with Crippen LogP contribution in [0, 0.1) is 6.92 Å². The second kappa shape index (κ2) is 5.17. The van der Waals surface area contributed by atoms with Crippen molar-refractivity contribution < 1.29 is 4.79 Å². The van der Waals surface area contributed by atoms with E-state index >= 15 is 0 Å². The first-order valence-electron chi connectivity index (χ1n) is 6.50. The van der Waals surface area contributed by atoms with Crippen molar-refractivity contribution in [1.29, 1.82) is 0 Å². The average molecular weight is 265 g/mol. The number of carbonyl (C=O) groups is 1. The molecule has 1 heterocycles. The van der Waals surface area contributed by atoms with E-state index in [1.807, 2.05) is 43.3 Å². The molecule has 0 saturated carbocycles. The van der Waals surface area contributed by atoms with Gasteiger partial charge in [-0.05, 0) is 36.2 Å². The van der Waals surface area contributed by atoms with Crippen molar-refractivity contribution in [3.63, 3.8) is 0 Å². The number of fused-ring (bicyclic) bond motifs is 1. The van der Waals surface area contributed by atoms with Crippen LogP contribution in [0.25, 0.3) is 10.9 Å². The molecule has 0 fully saturated rings. The Kier molecular flexibility index (Phi) is 3.21. The van der Waals surface area contributed by atoms with E-state index in [1.165, 1.54) is 5.56 Å². The molecule has 4 heteroatoms. The van der Waals surface area contributed by atoms with Gasteiger partial charge in [0.25, 0.3) is 5.91 Å². The summed E-state index contributed by atoms with van der Waals surface area (Å²) in [6, 6.07) is 13.5. The quantitative estimate of drug-likeness (QED) is 0.765. The van der Waals surface area contributed by atoms with E-state index in [4.69, 9.17) is 0 Å². The summed E-state index contributed by atoms with van der Waals surface area (Å²) in [4.78, 5) is 12.2. The Bertz CT molecular complexity index is 761. The molecule has 0 aliphatic carbocycles. The summed E-state index contributed by atoms with van der Waals surface area (Å²) in [7, 11) is 0. The number of aryl methyl sites for hydroxylation is 1. The van der Waals surface area contributed by atoms with Gasteiger partial charge in [-0.1, -0.05) is 24.3 Å². The number of nitrogens with one attached hydrogen (secondary N) is 2. The van der Waals surface area contributed by atoms with Crippen molar-refractivity contribution in [3.05, 3.63) is 65.4 Å². The van der Waals surface area contributed by atoms with Crippen molar-refractivity contribution in [3.8, 4) is 0 Å². The summed E-state index contributed by atoms with van der Waals surface area (Å²) >= 11 is 0. The van der Waals surface area contributed by atoms with Crippen LogP contribution in [-0.4, -0.2) is 16.1 Å². The maximum absolute atomic E-state index is 12.2. The zero-order chi connectivity index (χ0) is 13.9. The Morgan fingerprint density at radius 3 is 2.95 bits per heavy atom. The van der Waals surface area contributed by atoms with Crippen LogP contribution >= 0.6 is 0 Å². The summed E-state index contributed by atoms with van der Waals surface area (Å²) in [5.74, 6) is -0.0728. The van der Waals surface area contributed by atoms with Gasteiger partial charge in [-0.3, -0.25) is 9.89 Å². The van der Waals surface area contributed by atoms with Gasteiger partial charge in [-0.25, -0.2) is 0 Å². The Morgan fingerprint density at radius 2 is 2.10 bits per heavy atom. The number of aromatic amines is 1. The van der Waals surface area contributed by atoms with Gasteiger partial charge in [0.2, 0.25) is 0 Å². The van der Waals surface area contributed by atoms with Gasteiger partial charge in [0, 0.05) is 17.5 Å². The lowest BCUT2D eigenvalue weighted by Gasteiger charge is -2.08. The fourth-order valence-corrected chi connectivity index (χ4v) is 2.17. The molecular formula is C16H15N3O. The highest BCUT2D eigenvalue weighted by molar-refractivity contribution is 5.97. The smallest absolute Gasteiger partial charge is 0.251 e. The van der Waals surface area contributed by atoms with Crippen LogP contribution in [0.4, 0.5) is 0 Å². The number of hydrogen-bond donors (Lipinski definition) is 2. The normalized spacial score (nSPS) is 10.7. The van der Waals surface area contributed by atoms with E-state index in [0.29, 0.717) is 12.1 Å². The molecule has 0 radical (unpaired) electrons. The summed E-state index contributed by atoms with van der Waals surface area (Å²) in [5, 5.41) is 10.7. The molecule has 0 saturated heterocycles. The lowest BCUT2D eigenvalue weighted by atomic mass is 10.1. The summed E-state index contributed by atoms with van der Waals surface area (Å²) in [5.41, 5.74) is 3.89. The number of nitrogens with zero attached hydrogens (tertiary/aromatic N) is 1. The van der Waals surface area contributed by atoms with E-state index in [1.54, 1.807) is 12.3 Å². The first kappa shape index (κ1) is 12.4. The zero-order valence-electron chi connectivity index (χ0n) is 11.2. The number of carbonyl (C=O) groups excluding carboxylic acids is 1. The van der Waals surface area contributed by atoms with Crippen LogP contribution in [-0.2, 0) is 6.54 Å². The molecule has 3 aromatic rings. The van der Waals surface area contributed by atoms with Gasteiger partial charge in [0.15, 0.2) is 0 Å². The minimum absolute atomic E-state index is 0.0728. The fraction of sp³-hybridized carbons (Fsp3) is 0.125. The standard InChI is InChI=1S/C16H15N3O/c1-11-4-2-3-5-13(11)9-17-16(20)12-6-7-15-14(8-12)10-18-19-15/h2-8,10H,9H2,1H3,(H,17,20)(H,18,19). The number of hydrogen-bond acceptors (Lipinski definition) is 2. The summed E-state index contributed by atoms with van der Waals surface area (Å²) in [6.45, 7) is 2.58. The largest absolute Gasteiger partial charge is 0.348 e. The van der Waals surface area contributed by atoms with Crippen molar-refractivity contribution in [2.75, 3.05) is 0 Å². The molecule has 0 unspecified atom stereocenters. The van der Waals surface area contributed by atoms with E-state index in [0.717, 1.165) is 16.5 Å². The highest BCUT2D eigenvalue weighted by Crippen LogP contribution is 2.13. The van der Waals surface area contributed by atoms with Gasteiger partial charge in [0.1, 0.15) is 0 Å². The molecule has 2 aromatic carbocycles. The van der Waals surface area contributed by atoms with Crippen LogP contribution in [0.3, 0.4) is 0 Å². The number of H-pyrrole nitrogens is 1. The van der Waals surface area contributed by atoms with E-state index in [-0.39, 0.29) is 5.91 Å². The molecule has 3 rings (SSSR count). The Balaban J connectivity index is 1.74. The van der Waals surface area contributed by atoms with Crippen LogP contribution in [0.1, 0.15) is 21.5 Å². The molecule has 1 amide bonds. The molecule has 1 aromatic heterocycles. The Morgan fingerprint density at radius 1 is 1.25 bits per heavy atom. The molecular weight excluding hydrogens is 250 g/mol. The van der Waals surface area contributed by atoms with E-state index in [2.05, 4.69) is 15.5 Å². The molecule has 0 bridgehead atoms. The number of benzene rings is 2. The summed E-state index contributed by atoms with van der Waals surface area (Å²) in [6.07, 6.45) is 1.72. The van der Waals surface area contributed by atoms with Gasteiger partial charge in [-0.15, -0.1) is 0 Å². The minimum Gasteiger partial charge on any atom is -0.348 e. The molecule has 0 atom stereocenters. The van der Waals surface area contributed by atoms with E-state index in [9.17, 15) is 4.79 Å². The molecule has 4 nitrogen and oxygen atoms in total. The highest BCUT2D eigenvalue weighted by atomic mass is 16.1. The lowest BCUT2D eigenvalue weighted by molar-refractivity contribution is 0.0951. The third kappa shape index (κ3) is 2.40.